The first-order chi connectivity index (χ1) is 7.29. The zero-order valence-corrected chi connectivity index (χ0v) is 9.68. The van der Waals surface area contributed by atoms with Crippen LogP contribution in [0.4, 0.5) is 0 Å². The number of rotatable bonds is 3. The molecule has 0 atom stereocenters. The third-order valence-corrected chi connectivity index (χ3v) is 2.93. The van der Waals surface area contributed by atoms with E-state index in [0.29, 0.717) is 5.69 Å². The number of imidazole rings is 1. The van der Waals surface area contributed by atoms with Crippen molar-refractivity contribution in [3.63, 3.8) is 0 Å². The Kier molecular flexibility index (Phi) is 3.18. The van der Waals surface area contributed by atoms with E-state index in [1.807, 2.05) is 29.0 Å². The lowest BCUT2D eigenvalue weighted by Crippen LogP contribution is -1.97. The molecule has 1 aromatic heterocycles. The average molecular weight is 267 g/mol. The van der Waals surface area contributed by atoms with Crippen molar-refractivity contribution in [1.29, 1.82) is 0 Å². The molecule has 2 aromatic rings. The van der Waals surface area contributed by atoms with Gasteiger partial charge in [0.05, 0.1) is 18.6 Å². The molecule has 0 amide bonds. The van der Waals surface area contributed by atoms with Crippen molar-refractivity contribution in [2.24, 2.45) is 0 Å². The molecule has 78 valence electrons. The fraction of sp³-hybridized carbons (Fsp3) is 0.182. The van der Waals surface area contributed by atoms with E-state index in [1.165, 1.54) is 5.56 Å². The van der Waals surface area contributed by atoms with E-state index >= 15 is 0 Å². The highest BCUT2D eigenvalue weighted by molar-refractivity contribution is 9.10. The first-order valence-electron chi connectivity index (χ1n) is 4.64. The normalized spacial score (nSPS) is 10.5. The van der Waals surface area contributed by atoms with Gasteiger partial charge in [0.15, 0.2) is 0 Å². The van der Waals surface area contributed by atoms with Crippen molar-refractivity contribution in [3.8, 4) is 0 Å². The van der Waals surface area contributed by atoms with Gasteiger partial charge in [0, 0.05) is 17.2 Å². The van der Waals surface area contributed by atoms with Crippen LogP contribution in [-0.2, 0) is 13.2 Å². The molecule has 0 aliphatic rings. The summed E-state index contributed by atoms with van der Waals surface area (Å²) in [5.74, 6) is 0. The highest BCUT2D eigenvalue weighted by atomic mass is 79.9. The third kappa shape index (κ3) is 2.46. The maximum Gasteiger partial charge on any atom is 0.0953 e. The molecule has 0 saturated heterocycles. The van der Waals surface area contributed by atoms with Crippen LogP contribution in [-0.4, -0.2) is 14.7 Å². The van der Waals surface area contributed by atoms with Gasteiger partial charge in [-0.1, -0.05) is 34.1 Å². The van der Waals surface area contributed by atoms with E-state index < -0.39 is 0 Å². The summed E-state index contributed by atoms with van der Waals surface area (Å²) < 4.78 is 3.04. The zero-order chi connectivity index (χ0) is 10.7. The quantitative estimate of drug-likeness (QED) is 0.925. The second-order valence-electron chi connectivity index (χ2n) is 3.29. The summed E-state index contributed by atoms with van der Waals surface area (Å²) in [6.07, 6.45) is 3.57. The molecule has 0 fully saturated rings. The predicted octanol–water partition coefficient (Wildman–Crippen LogP) is 2.19. The Labute approximate surface area is 96.5 Å². The molecule has 1 heterocycles. The number of nitrogens with zero attached hydrogens (tertiary/aromatic N) is 2. The van der Waals surface area contributed by atoms with Gasteiger partial charge >= 0.3 is 0 Å². The smallest absolute Gasteiger partial charge is 0.0953 e. The summed E-state index contributed by atoms with van der Waals surface area (Å²) in [6.45, 7) is 0.747. The maximum atomic E-state index is 8.89. The van der Waals surface area contributed by atoms with Crippen LogP contribution < -0.4 is 0 Å². The van der Waals surface area contributed by atoms with Gasteiger partial charge in [-0.05, 0) is 11.6 Å². The van der Waals surface area contributed by atoms with Gasteiger partial charge in [-0.2, -0.15) is 0 Å². The molecule has 3 nitrogen and oxygen atoms in total. The first kappa shape index (κ1) is 10.4. The summed E-state index contributed by atoms with van der Waals surface area (Å²) in [7, 11) is 0. The molecule has 1 aromatic carbocycles. The lowest BCUT2D eigenvalue weighted by Gasteiger charge is -2.04. The van der Waals surface area contributed by atoms with Crippen LogP contribution in [0.2, 0.25) is 0 Å². The number of aliphatic hydroxyl groups is 1. The van der Waals surface area contributed by atoms with Crippen molar-refractivity contribution in [2.75, 3.05) is 0 Å². The lowest BCUT2D eigenvalue weighted by molar-refractivity contribution is 0.277. The Morgan fingerprint density at radius 1 is 1.33 bits per heavy atom. The van der Waals surface area contributed by atoms with E-state index in [9.17, 15) is 0 Å². The monoisotopic (exact) mass is 266 g/mol. The van der Waals surface area contributed by atoms with E-state index in [1.54, 1.807) is 6.33 Å². The van der Waals surface area contributed by atoms with Gasteiger partial charge in [0.1, 0.15) is 0 Å². The second-order valence-corrected chi connectivity index (χ2v) is 4.14. The molecule has 0 saturated carbocycles. The lowest BCUT2D eigenvalue weighted by atomic mass is 10.2. The minimum atomic E-state index is -0.0110. The summed E-state index contributed by atoms with van der Waals surface area (Å²) in [5, 5.41) is 8.89. The largest absolute Gasteiger partial charge is 0.390 e. The van der Waals surface area contributed by atoms with Crippen molar-refractivity contribution in [3.05, 3.63) is 52.5 Å². The van der Waals surface area contributed by atoms with E-state index in [-0.39, 0.29) is 6.61 Å². The van der Waals surface area contributed by atoms with Gasteiger partial charge < -0.3 is 9.67 Å². The highest BCUT2D eigenvalue weighted by Crippen LogP contribution is 2.16. The van der Waals surface area contributed by atoms with Crippen LogP contribution in [0.25, 0.3) is 0 Å². The standard InChI is InChI=1S/C11H11BrN2O/c12-11-4-2-1-3-9(11)5-14-6-10(7-15)13-8-14/h1-4,6,8,15H,5,7H2. The van der Waals surface area contributed by atoms with Crippen LogP contribution in [0.3, 0.4) is 0 Å². The third-order valence-electron chi connectivity index (χ3n) is 2.16. The number of aliphatic hydroxyl groups excluding tert-OH is 1. The zero-order valence-electron chi connectivity index (χ0n) is 8.10. The Morgan fingerprint density at radius 3 is 2.80 bits per heavy atom. The fourth-order valence-electron chi connectivity index (χ4n) is 1.40. The van der Waals surface area contributed by atoms with Crippen LogP contribution in [0, 0.1) is 0 Å². The summed E-state index contributed by atoms with van der Waals surface area (Å²) >= 11 is 3.49. The van der Waals surface area contributed by atoms with Crippen LogP contribution in [0.1, 0.15) is 11.3 Å². The molecular formula is C11H11BrN2O. The van der Waals surface area contributed by atoms with Crippen molar-refractivity contribution >= 4 is 15.9 Å². The number of aromatic nitrogens is 2. The van der Waals surface area contributed by atoms with Gasteiger partial charge in [0.25, 0.3) is 0 Å². The van der Waals surface area contributed by atoms with Gasteiger partial charge in [0.2, 0.25) is 0 Å². The molecule has 0 aliphatic carbocycles. The average Bonchev–Trinajstić information content (AvgIpc) is 2.69. The maximum absolute atomic E-state index is 8.89. The van der Waals surface area contributed by atoms with Crippen LogP contribution in [0.5, 0.6) is 0 Å². The number of hydrogen-bond donors (Lipinski definition) is 1. The number of benzene rings is 1. The minimum absolute atomic E-state index is 0.0110. The molecule has 0 spiro atoms. The Balaban J connectivity index is 2.18. The summed E-state index contributed by atoms with van der Waals surface area (Å²) in [5.41, 5.74) is 1.89. The summed E-state index contributed by atoms with van der Waals surface area (Å²) in [4.78, 5) is 4.06. The highest BCUT2D eigenvalue weighted by Gasteiger charge is 2.01. The number of halogens is 1. The molecule has 0 aliphatic heterocycles. The fourth-order valence-corrected chi connectivity index (χ4v) is 1.81. The van der Waals surface area contributed by atoms with Crippen molar-refractivity contribution in [2.45, 2.75) is 13.2 Å². The first-order valence-corrected chi connectivity index (χ1v) is 5.44. The van der Waals surface area contributed by atoms with Crippen LogP contribution >= 0.6 is 15.9 Å². The Morgan fingerprint density at radius 2 is 2.13 bits per heavy atom. The van der Waals surface area contributed by atoms with E-state index in [2.05, 4.69) is 27.0 Å². The molecule has 0 unspecified atom stereocenters. The molecule has 15 heavy (non-hydrogen) atoms. The predicted molar refractivity (Wildman–Crippen MR) is 61.4 cm³/mol. The second kappa shape index (κ2) is 4.59. The topological polar surface area (TPSA) is 38.0 Å². The van der Waals surface area contributed by atoms with Gasteiger partial charge in [-0.15, -0.1) is 0 Å². The van der Waals surface area contributed by atoms with Crippen LogP contribution in [0.15, 0.2) is 41.3 Å². The minimum Gasteiger partial charge on any atom is -0.390 e. The van der Waals surface area contributed by atoms with Crippen molar-refractivity contribution < 1.29 is 5.11 Å². The van der Waals surface area contributed by atoms with E-state index in [0.717, 1.165) is 11.0 Å². The molecular weight excluding hydrogens is 256 g/mol. The molecule has 0 bridgehead atoms. The van der Waals surface area contributed by atoms with Gasteiger partial charge in [-0.3, -0.25) is 0 Å². The molecule has 2 rings (SSSR count). The molecule has 0 radical (unpaired) electrons. The molecule has 4 heteroatoms. The van der Waals surface area contributed by atoms with Crippen molar-refractivity contribution in [1.82, 2.24) is 9.55 Å². The van der Waals surface area contributed by atoms with Gasteiger partial charge in [-0.25, -0.2) is 4.98 Å². The summed E-state index contributed by atoms with van der Waals surface area (Å²) in [6, 6.07) is 8.06. The SMILES string of the molecule is OCc1cn(Cc2ccccc2Br)cn1. The van der Waals surface area contributed by atoms with E-state index in [4.69, 9.17) is 5.11 Å². The Bertz CT molecular complexity index is 453. The number of hydrogen-bond acceptors (Lipinski definition) is 2. The Hall–Kier alpha value is -1.13. The molecule has 1 N–H and O–H groups in total.